The third-order valence-corrected chi connectivity index (χ3v) is 3.63. The van der Waals surface area contributed by atoms with Crippen molar-refractivity contribution < 1.29 is 4.84 Å². The Hall–Kier alpha value is -0.0800. The third kappa shape index (κ3) is 1.70. The number of hydrogen-bond donors (Lipinski definition) is 0. The van der Waals surface area contributed by atoms with Crippen molar-refractivity contribution in [2.45, 2.75) is 71.1 Å². The van der Waals surface area contributed by atoms with Crippen LogP contribution < -0.4 is 0 Å². The van der Waals surface area contributed by atoms with Crippen LogP contribution in [0.25, 0.3) is 0 Å². The van der Waals surface area contributed by atoms with Crippen molar-refractivity contribution in [3.05, 3.63) is 0 Å². The molecule has 0 spiro atoms. The second-order valence-corrected chi connectivity index (χ2v) is 5.82. The van der Waals surface area contributed by atoms with Crippen LogP contribution in [-0.4, -0.2) is 22.7 Å². The minimum atomic E-state index is 0.158. The maximum absolute atomic E-state index is 6.01. The number of hydroxylamine groups is 2. The SMILES string of the molecule is CC1ON(C(C)(C)C)C2CCCCC12. The van der Waals surface area contributed by atoms with Crippen molar-refractivity contribution in [3.63, 3.8) is 0 Å². The average molecular weight is 197 g/mol. The van der Waals surface area contributed by atoms with Gasteiger partial charge >= 0.3 is 0 Å². The Morgan fingerprint density at radius 1 is 1.14 bits per heavy atom. The Morgan fingerprint density at radius 3 is 2.43 bits per heavy atom. The lowest BCUT2D eigenvalue weighted by molar-refractivity contribution is -0.209. The molecule has 14 heavy (non-hydrogen) atoms. The molecule has 3 atom stereocenters. The fraction of sp³-hybridized carbons (Fsp3) is 1.00. The molecule has 0 bridgehead atoms. The van der Waals surface area contributed by atoms with Crippen molar-refractivity contribution >= 4 is 0 Å². The minimum Gasteiger partial charge on any atom is -0.295 e. The normalized spacial score (nSPS) is 39.9. The first kappa shape index (κ1) is 10.4. The molecule has 1 aliphatic heterocycles. The molecule has 3 unspecified atom stereocenters. The molecule has 1 aliphatic carbocycles. The highest BCUT2D eigenvalue weighted by molar-refractivity contribution is 4.92. The van der Waals surface area contributed by atoms with Crippen LogP contribution in [0.1, 0.15) is 53.4 Å². The summed E-state index contributed by atoms with van der Waals surface area (Å²) in [5.41, 5.74) is 0.158. The van der Waals surface area contributed by atoms with Crippen LogP contribution in [0.15, 0.2) is 0 Å². The van der Waals surface area contributed by atoms with Crippen LogP contribution >= 0.6 is 0 Å². The molecular formula is C12H23NO. The highest BCUT2D eigenvalue weighted by atomic mass is 16.7. The zero-order chi connectivity index (χ0) is 10.3. The van der Waals surface area contributed by atoms with Gasteiger partial charge in [-0.3, -0.25) is 4.84 Å². The minimum absolute atomic E-state index is 0.158. The van der Waals surface area contributed by atoms with Crippen molar-refractivity contribution in [1.29, 1.82) is 0 Å². The third-order valence-electron chi connectivity index (χ3n) is 3.63. The van der Waals surface area contributed by atoms with Crippen LogP contribution in [0.3, 0.4) is 0 Å². The summed E-state index contributed by atoms with van der Waals surface area (Å²) in [6.07, 6.45) is 5.89. The summed E-state index contributed by atoms with van der Waals surface area (Å²) in [4.78, 5) is 6.01. The van der Waals surface area contributed by atoms with Crippen LogP contribution in [0, 0.1) is 5.92 Å². The predicted molar refractivity (Wildman–Crippen MR) is 57.9 cm³/mol. The molecule has 1 heterocycles. The molecule has 2 heteroatoms. The second-order valence-electron chi connectivity index (χ2n) is 5.82. The lowest BCUT2D eigenvalue weighted by Crippen LogP contribution is -2.45. The first-order valence-corrected chi connectivity index (χ1v) is 5.96. The molecule has 0 N–H and O–H groups in total. The van der Waals surface area contributed by atoms with E-state index in [1.54, 1.807) is 0 Å². The fourth-order valence-electron chi connectivity index (χ4n) is 2.97. The topological polar surface area (TPSA) is 12.5 Å². The lowest BCUT2D eigenvalue weighted by atomic mass is 9.81. The monoisotopic (exact) mass is 197 g/mol. The van der Waals surface area contributed by atoms with Crippen molar-refractivity contribution in [2.75, 3.05) is 0 Å². The Labute approximate surface area is 87.6 Å². The molecule has 0 radical (unpaired) electrons. The summed E-state index contributed by atoms with van der Waals surface area (Å²) >= 11 is 0. The smallest absolute Gasteiger partial charge is 0.0809 e. The van der Waals surface area contributed by atoms with Gasteiger partial charge < -0.3 is 0 Å². The molecule has 1 saturated heterocycles. The Bertz CT molecular complexity index is 209. The van der Waals surface area contributed by atoms with E-state index in [9.17, 15) is 0 Å². The summed E-state index contributed by atoms with van der Waals surface area (Å²) in [7, 11) is 0. The fourth-order valence-corrected chi connectivity index (χ4v) is 2.97. The second kappa shape index (κ2) is 3.49. The summed E-state index contributed by atoms with van der Waals surface area (Å²) in [5, 5.41) is 2.27. The van der Waals surface area contributed by atoms with Crippen LogP contribution in [0.5, 0.6) is 0 Å². The first-order valence-electron chi connectivity index (χ1n) is 5.96. The molecule has 82 valence electrons. The standard InChI is InChI=1S/C12H23NO/c1-9-10-7-5-6-8-11(10)13(14-9)12(2,3)4/h9-11H,5-8H2,1-4H3. The van der Waals surface area contributed by atoms with Gasteiger partial charge in [-0.1, -0.05) is 12.8 Å². The van der Waals surface area contributed by atoms with Gasteiger partial charge in [0.1, 0.15) is 0 Å². The number of nitrogens with zero attached hydrogens (tertiary/aromatic N) is 1. The molecule has 0 aromatic heterocycles. The van der Waals surface area contributed by atoms with Gasteiger partial charge in [0.05, 0.1) is 6.10 Å². The molecule has 2 fully saturated rings. The maximum Gasteiger partial charge on any atom is 0.0809 e. The zero-order valence-corrected chi connectivity index (χ0v) is 9.92. The Kier molecular flexibility index (Phi) is 2.61. The van der Waals surface area contributed by atoms with Gasteiger partial charge in [-0.25, -0.2) is 0 Å². The Morgan fingerprint density at radius 2 is 1.79 bits per heavy atom. The van der Waals surface area contributed by atoms with E-state index >= 15 is 0 Å². The van der Waals surface area contributed by atoms with E-state index in [0.29, 0.717) is 12.1 Å². The molecule has 0 aromatic carbocycles. The molecule has 1 saturated carbocycles. The van der Waals surface area contributed by atoms with Crippen LogP contribution in [0.2, 0.25) is 0 Å². The van der Waals surface area contributed by atoms with E-state index < -0.39 is 0 Å². The van der Waals surface area contributed by atoms with E-state index in [4.69, 9.17) is 4.84 Å². The number of fused-ring (bicyclic) bond motifs is 1. The van der Waals surface area contributed by atoms with E-state index in [0.717, 1.165) is 5.92 Å². The van der Waals surface area contributed by atoms with Gasteiger partial charge in [0.15, 0.2) is 0 Å². The average Bonchev–Trinajstić information content (AvgIpc) is 2.44. The van der Waals surface area contributed by atoms with Gasteiger partial charge in [0.2, 0.25) is 0 Å². The highest BCUT2D eigenvalue weighted by Gasteiger charge is 2.45. The van der Waals surface area contributed by atoms with E-state index in [2.05, 4.69) is 32.8 Å². The summed E-state index contributed by atoms with van der Waals surface area (Å²) in [6, 6.07) is 0.679. The molecule has 2 aliphatic rings. The van der Waals surface area contributed by atoms with Crippen molar-refractivity contribution in [1.82, 2.24) is 5.06 Å². The molecular weight excluding hydrogens is 174 g/mol. The largest absolute Gasteiger partial charge is 0.295 e. The summed E-state index contributed by atoms with van der Waals surface area (Å²) < 4.78 is 0. The molecule has 0 aromatic rings. The lowest BCUT2D eigenvalue weighted by Gasteiger charge is -2.37. The van der Waals surface area contributed by atoms with Gasteiger partial charge in [-0.15, -0.1) is 0 Å². The maximum atomic E-state index is 6.01. The van der Waals surface area contributed by atoms with Gasteiger partial charge in [0, 0.05) is 17.5 Å². The van der Waals surface area contributed by atoms with Gasteiger partial charge in [-0.2, -0.15) is 5.06 Å². The molecule has 2 nitrogen and oxygen atoms in total. The van der Waals surface area contributed by atoms with Gasteiger partial charge in [0.25, 0.3) is 0 Å². The van der Waals surface area contributed by atoms with Crippen LogP contribution in [-0.2, 0) is 4.84 Å². The highest BCUT2D eigenvalue weighted by Crippen LogP contribution is 2.41. The summed E-state index contributed by atoms with van der Waals surface area (Å²) in [5.74, 6) is 0.781. The quantitative estimate of drug-likeness (QED) is 0.592. The Balaban J connectivity index is 2.14. The van der Waals surface area contributed by atoms with E-state index in [1.807, 2.05) is 0 Å². The van der Waals surface area contributed by atoms with E-state index in [1.165, 1.54) is 25.7 Å². The molecule has 2 rings (SSSR count). The van der Waals surface area contributed by atoms with Crippen molar-refractivity contribution in [2.24, 2.45) is 5.92 Å². The number of hydrogen-bond acceptors (Lipinski definition) is 2. The van der Waals surface area contributed by atoms with Crippen molar-refractivity contribution in [3.8, 4) is 0 Å². The first-order chi connectivity index (χ1) is 6.50. The predicted octanol–water partition coefficient (Wildman–Crippen LogP) is 2.98. The van der Waals surface area contributed by atoms with Gasteiger partial charge in [-0.05, 0) is 40.5 Å². The molecule has 0 amide bonds. The zero-order valence-electron chi connectivity index (χ0n) is 9.92. The number of rotatable bonds is 0. The van der Waals surface area contributed by atoms with Crippen LogP contribution in [0.4, 0.5) is 0 Å². The summed E-state index contributed by atoms with van der Waals surface area (Å²) in [6.45, 7) is 8.97. The van der Waals surface area contributed by atoms with E-state index in [-0.39, 0.29) is 5.54 Å².